The van der Waals surface area contributed by atoms with Crippen molar-refractivity contribution in [2.75, 3.05) is 0 Å². The second-order valence-corrected chi connectivity index (χ2v) is 4.50. The lowest BCUT2D eigenvalue weighted by molar-refractivity contribution is -0.141. The molecule has 0 aliphatic rings. The Balaban J connectivity index is 4.49. The van der Waals surface area contributed by atoms with E-state index in [0.29, 0.717) is 0 Å². The highest BCUT2D eigenvalue weighted by atomic mass is 32.1. The smallest absolute Gasteiger partial charge is 0.326 e. The maximum absolute atomic E-state index is 11.0. The van der Waals surface area contributed by atoms with Crippen molar-refractivity contribution in [3.8, 4) is 0 Å². The van der Waals surface area contributed by atoms with Crippen LogP contribution in [0.3, 0.4) is 0 Å². The van der Waals surface area contributed by atoms with Crippen LogP contribution in [0.5, 0.6) is 0 Å². The van der Waals surface area contributed by atoms with Crippen molar-refractivity contribution in [2.24, 2.45) is 0 Å². The molecule has 0 aromatic heterocycles. The largest absolute Gasteiger partial charge is 0.481 e. The monoisotopic (exact) mass is 336 g/mol. The molecule has 5 N–H and O–H groups in total. The number of nitrogens with one attached hydrogen (secondary N) is 2. The van der Waals surface area contributed by atoms with Crippen LogP contribution in [0, 0.1) is 0 Å². The zero-order chi connectivity index (χ0) is 17.1. The predicted octanol–water partition coefficient (Wildman–Crippen LogP) is -0.868. The topological polar surface area (TPSA) is 162 Å². The first-order valence-corrected chi connectivity index (χ1v) is 6.49. The van der Waals surface area contributed by atoms with Gasteiger partial charge in [0.1, 0.15) is 6.04 Å². The lowest BCUT2D eigenvalue weighted by Crippen LogP contribution is -2.49. The number of carboxylic acid groups (broad SMARTS) is 3. The summed E-state index contributed by atoms with van der Waals surface area (Å²) in [5, 5.41) is 30.6. The summed E-state index contributed by atoms with van der Waals surface area (Å²) in [6.07, 6.45) is -2.00. The average Bonchev–Trinajstić information content (AvgIpc) is 2.40. The molecular formula is C11H16N2O8S. The minimum Gasteiger partial charge on any atom is -0.481 e. The molecule has 11 heteroatoms. The predicted molar refractivity (Wildman–Crippen MR) is 75.0 cm³/mol. The van der Waals surface area contributed by atoms with Gasteiger partial charge in [0.15, 0.2) is 11.3 Å². The minimum absolute atomic E-state index is 0.0806. The molecule has 0 aromatic carbocycles. The fraction of sp³-hybridized carbons (Fsp3) is 0.545. The fourth-order valence-electron chi connectivity index (χ4n) is 1.37. The summed E-state index contributed by atoms with van der Waals surface area (Å²) in [6.45, 7) is 0.0984. The van der Waals surface area contributed by atoms with Gasteiger partial charge in [0.2, 0.25) is 0 Å². The number of ether oxygens (including phenoxy) is 1. The highest BCUT2D eigenvalue weighted by Crippen LogP contribution is 2.01. The van der Waals surface area contributed by atoms with Gasteiger partial charge in [-0.2, -0.15) is 0 Å². The van der Waals surface area contributed by atoms with Gasteiger partial charge in [-0.3, -0.25) is 14.4 Å². The van der Waals surface area contributed by atoms with Crippen LogP contribution >= 0.6 is 12.2 Å². The summed E-state index contributed by atoms with van der Waals surface area (Å²) in [5.41, 5.74) is 0. The maximum atomic E-state index is 11.0. The molecule has 0 saturated carbocycles. The minimum atomic E-state index is -1.30. The number of hydrogen-bond donors (Lipinski definition) is 5. The molecule has 0 spiro atoms. The van der Waals surface area contributed by atoms with Gasteiger partial charge in [-0.25, -0.2) is 4.79 Å². The molecule has 0 aliphatic heterocycles. The highest BCUT2D eigenvalue weighted by molar-refractivity contribution is 7.80. The fourth-order valence-corrected chi connectivity index (χ4v) is 1.64. The molecule has 124 valence electrons. The van der Waals surface area contributed by atoms with Gasteiger partial charge in [-0.15, -0.1) is 0 Å². The molecule has 0 fully saturated rings. The molecule has 0 rings (SSSR count). The van der Waals surface area contributed by atoms with Gasteiger partial charge in [-0.1, -0.05) is 0 Å². The third-order valence-electron chi connectivity index (χ3n) is 2.38. The van der Waals surface area contributed by atoms with Crippen LogP contribution in [-0.4, -0.2) is 57.1 Å². The average molecular weight is 336 g/mol. The number of carbonyl (C=O) groups excluding carboxylic acids is 1. The quantitative estimate of drug-likeness (QED) is 0.181. The molecule has 22 heavy (non-hydrogen) atoms. The van der Waals surface area contributed by atoms with Gasteiger partial charge in [-0.05, 0) is 18.6 Å². The van der Waals surface area contributed by atoms with Crippen molar-refractivity contribution >= 4 is 41.7 Å². The van der Waals surface area contributed by atoms with Crippen molar-refractivity contribution in [3.63, 3.8) is 0 Å². The Morgan fingerprint density at radius 2 is 1.59 bits per heavy atom. The zero-order valence-corrected chi connectivity index (χ0v) is 12.2. The third-order valence-corrected chi connectivity index (χ3v) is 2.62. The van der Waals surface area contributed by atoms with Crippen molar-refractivity contribution < 1.29 is 39.2 Å². The summed E-state index contributed by atoms with van der Waals surface area (Å²) in [6, 6.07) is -1.24. The van der Waals surface area contributed by atoms with Crippen LogP contribution < -0.4 is 10.6 Å². The molecule has 0 aliphatic carbocycles. The molecule has 0 unspecified atom stereocenters. The molecule has 2 atom stereocenters. The Hall–Kier alpha value is -2.43. The highest BCUT2D eigenvalue weighted by Gasteiger charge is 2.21. The zero-order valence-electron chi connectivity index (χ0n) is 11.4. The van der Waals surface area contributed by atoms with Gasteiger partial charge in [0.05, 0.1) is 6.42 Å². The van der Waals surface area contributed by atoms with Crippen molar-refractivity contribution in [1.29, 1.82) is 0 Å². The van der Waals surface area contributed by atoms with Gasteiger partial charge in [0.25, 0.3) is 6.47 Å². The van der Waals surface area contributed by atoms with Crippen LogP contribution in [0.25, 0.3) is 0 Å². The Kier molecular flexibility index (Phi) is 9.18. The molecule has 0 radical (unpaired) electrons. The number of rotatable bonds is 11. The maximum Gasteiger partial charge on any atom is 0.326 e. The summed E-state index contributed by atoms with van der Waals surface area (Å²) in [4.78, 5) is 42.2. The van der Waals surface area contributed by atoms with Crippen LogP contribution in [0.15, 0.2) is 0 Å². The van der Waals surface area contributed by atoms with Gasteiger partial charge in [0, 0.05) is 12.8 Å². The van der Waals surface area contributed by atoms with E-state index in [2.05, 4.69) is 15.4 Å². The standard InChI is InChI=1S/C11H16N2O8S/c14-5-21-7(2-4-9(17)18)13-11(22)12-6(10(19)20)1-3-8(15)16/h5-7H,1-4H2,(H,15,16)(H,17,18)(H,19,20)(H2,12,13,22)/t6-,7+/m0/s1. The first-order chi connectivity index (χ1) is 10.3. The van der Waals surface area contributed by atoms with E-state index in [1.165, 1.54) is 0 Å². The first-order valence-electron chi connectivity index (χ1n) is 6.08. The van der Waals surface area contributed by atoms with Crippen LogP contribution in [0.2, 0.25) is 0 Å². The molecule has 10 nitrogen and oxygen atoms in total. The van der Waals surface area contributed by atoms with Crippen molar-refractivity contribution in [3.05, 3.63) is 0 Å². The van der Waals surface area contributed by atoms with E-state index in [1.807, 2.05) is 0 Å². The number of carboxylic acids is 3. The Morgan fingerprint density at radius 3 is 2.05 bits per heavy atom. The third kappa shape index (κ3) is 9.47. The molecule has 0 bridgehead atoms. The van der Waals surface area contributed by atoms with Gasteiger partial charge < -0.3 is 30.7 Å². The van der Waals surface area contributed by atoms with E-state index < -0.39 is 30.2 Å². The van der Waals surface area contributed by atoms with E-state index >= 15 is 0 Å². The lowest BCUT2D eigenvalue weighted by Gasteiger charge is -2.21. The molecular weight excluding hydrogens is 320 g/mol. The van der Waals surface area contributed by atoms with E-state index in [9.17, 15) is 19.2 Å². The summed E-state index contributed by atoms with van der Waals surface area (Å²) < 4.78 is 4.58. The Bertz CT molecular complexity index is 442. The Labute approximate surface area is 130 Å². The molecule has 0 aromatic rings. The number of hydrogen-bond acceptors (Lipinski definition) is 6. The normalized spacial score (nSPS) is 12.5. The number of thiocarbonyl (C=S) groups is 1. The van der Waals surface area contributed by atoms with E-state index in [0.717, 1.165) is 0 Å². The summed E-state index contributed by atoms with van der Waals surface area (Å²) in [7, 11) is 0. The molecule has 0 amide bonds. The van der Waals surface area contributed by atoms with E-state index in [1.54, 1.807) is 0 Å². The van der Waals surface area contributed by atoms with Crippen molar-refractivity contribution in [1.82, 2.24) is 10.6 Å². The van der Waals surface area contributed by atoms with E-state index in [4.69, 9.17) is 27.5 Å². The Morgan fingerprint density at radius 1 is 1.05 bits per heavy atom. The van der Waals surface area contributed by atoms with E-state index in [-0.39, 0.29) is 37.3 Å². The van der Waals surface area contributed by atoms with Crippen LogP contribution in [0.1, 0.15) is 25.7 Å². The number of carbonyl (C=O) groups is 4. The summed E-state index contributed by atoms with van der Waals surface area (Å²) >= 11 is 4.82. The molecule has 0 heterocycles. The second-order valence-electron chi connectivity index (χ2n) is 4.09. The second kappa shape index (κ2) is 10.3. The molecule has 0 saturated heterocycles. The summed E-state index contributed by atoms with van der Waals surface area (Å²) in [5.74, 6) is -3.57. The first kappa shape index (κ1) is 19.6. The SMILES string of the molecule is O=CO[C@H](CCC(=O)O)NC(=S)N[C@@H](CCC(=O)O)C(=O)O. The van der Waals surface area contributed by atoms with Crippen molar-refractivity contribution in [2.45, 2.75) is 38.0 Å². The van der Waals surface area contributed by atoms with Gasteiger partial charge >= 0.3 is 17.9 Å². The van der Waals surface area contributed by atoms with Crippen LogP contribution in [0.4, 0.5) is 0 Å². The lowest BCUT2D eigenvalue weighted by atomic mass is 10.1. The number of aliphatic carboxylic acids is 3. The van der Waals surface area contributed by atoms with Crippen LogP contribution in [-0.2, 0) is 23.9 Å².